The number of methoxy groups -OCH3 is 3. The first-order valence-electron chi connectivity index (χ1n) is 5.72. The summed E-state index contributed by atoms with van der Waals surface area (Å²) in [6.07, 6.45) is 0.0821. The van der Waals surface area contributed by atoms with Crippen molar-refractivity contribution in [2.24, 2.45) is 0 Å². The van der Waals surface area contributed by atoms with Crippen LogP contribution in [0.3, 0.4) is 0 Å². The molecule has 1 rings (SSSR count). The Kier molecular flexibility index (Phi) is 5.25. The molecule has 0 aromatic heterocycles. The van der Waals surface area contributed by atoms with E-state index >= 15 is 0 Å². The SMILES string of the molecule is CNC(c1cc(OC)c(OC)c(OC)c1)N(C)C. The lowest BCUT2D eigenvalue weighted by Crippen LogP contribution is -2.30. The average Bonchev–Trinajstić information content (AvgIpc) is 2.37. The van der Waals surface area contributed by atoms with Gasteiger partial charge in [-0.05, 0) is 38.8 Å². The van der Waals surface area contributed by atoms with E-state index in [1.165, 1.54) is 0 Å². The molecule has 0 saturated carbocycles. The van der Waals surface area contributed by atoms with Gasteiger partial charge in [0.1, 0.15) is 0 Å². The van der Waals surface area contributed by atoms with Crippen molar-refractivity contribution >= 4 is 0 Å². The van der Waals surface area contributed by atoms with Gasteiger partial charge in [-0.1, -0.05) is 0 Å². The normalized spacial score (nSPS) is 12.4. The molecular formula is C13H22N2O3. The Balaban J connectivity index is 3.30. The summed E-state index contributed by atoms with van der Waals surface area (Å²) in [6, 6.07) is 3.89. The molecule has 0 amide bonds. The van der Waals surface area contributed by atoms with E-state index in [1.54, 1.807) is 21.3 Å². The summed E-state index contributed by atoms with van der Waals surface area (Å²) >= 11 is 0. The summed E-state index contributed by atoms with van der Waals surface area (Å²) in [7, 11) is 10.8. The summed E-state index contributed by atoms with van der Waals surface area (Å²) in [6.45, 7) is 0. The number of rotatable bonds is 6. The summed E-state index contributed by atoms with van der Waals surface area (Å²) < 4.78 is 16.0. The van der Waals surface area contributed by atoms with Gasteiger partial charge in [-0.3, -0.25) is 4.90 Å². The van der Waals surface area contributed by atoms with Crippen molar-refractivity contribution in [2.45, 2.75) is 6.17 Å². The highest BCUT2D eigenvalue weighted by Crippen LogP contribution is 2.39. The molecule has 0 spiro atoms. The van der Waals surface area contributed by atoms with E-state index in [4.69, 9.17) is 14.2 Å². The topological polar surface area (TPSA) is 43.0 Å². The van der Waals surface area contributed by atoms with E-state index in [1.807, 2.05) is 33.3 Å². The van der Waals surface area contributed by atoms with E-state index in [9.17, 15) is 0 Å². The zero-order chi connectivity index (χ0) is 13.7. The van der Waals surface area contributed by atoms with Crippen molar-refractivity contribution in [1.82, 2.24) is 10.2 Å². The van der Waals surface area contributed by atoms with Gasteiger partial charge in [0.2, 0.25) is 5.75 Å². The first-order valence-corrected chi connectivity index (χ1v) is 5.72. The third kappa shape index (κ3) is 2.86. The van der Waals surface area contributed by atoms with E-state index in [0.29, 0.717) is 17.2 Å². The summed E-state index contributed by atoms with van der Waals surface area (Å²) in [4.78, 5) is 2.07. The highest BCUT2D eigenvalue weighted by Gasteiger charge is 2.18. The molecule has 0 heterocycles. The fourth-order valence-corrected chi connectivity index (χ4v) is 1.98. The van der Waals surface area contributed by atoms with E-state index in [2.05, 4.69) is 10.2 Å². The van der Waals surface area contributed by atoms with Crippen LogP contribution in [0.2, 0.25) is 0 Å². The van der Waals surface area contributed by atoms with Crippen molar-refractivity contribution in [3.05, 3.63) is 17.7 Å². The molecule has 0 bridgehead atoms. The third-order valence-corrected chi connectivity index (χ3v) is 2.79. The highest BCUT2D eigenvalue weighted by atomic mass is 16.5. The van der Waals surface area contributed by atoms with Crippen molar-refractivity contribution in [3.63, 3.8) is 0 Å². The monoisotopic (exact) mass is 254 g/mol. The molecule has 5 nitrogen and oxygen atoms in total. The van der Waals surface area contributed by atoms with Crippen molar-refractivity contribution in [1.29, 1.82) is 0 Å². The van der Waals surface area contributed by atoms with Crippen LogP contribution in [-0.4, -0.2) is 47.4 Å². The second kappa shape index (κ2) is 6.47. The van der Waals surface area contributed by atoms with Crippen LogP contribution in [0.4, 0.5) is 0 Å². The summed E-state index contributed by atoms with van der Waals surface area (Å²) in [5, 5.41) is 3.23. The lowest BCUT2D eigenvalue weighted by atomic mass is 10.1. The third-order valence-electron chi connectivity index (χ3n) is 2.79. The van der Waals surface area contributed by atoms with Crippen LogP contribution in [0, 0.1) is 0 Å². The highest BCUT2D eigenvalue weighted by molar-refractivity contribution is 5.54. The van der Waals surface area contributed by atoms with Crippen molar-refractivity contribution in [2.75, 3.05) is 42.5 Å². The van der Waals surface area contributed by atoms with Crippen molar-refractivity contribution < 1.29 is 14.2 Å². The summed E-state index contributed by atoms with van der Waals surface area (Å²) in [5.74, 6) is 1.93. The lowest BCUT2D eigenvalue weighted by molar-refractivity contribution is 0.261. The largest absolute Gasteiger partial charge is 0.493 e. The van der Waals surface area contributed by atoms with Gasteiger partial charge < -0.3 is 19.5 Å². The number of benzene rings is 1. The molecule has 1 N–H and O–H groups in total. The van der Waals surface area contributed by atoms with E-state index in [-0.39, 0.29) is 6.17 Å². The maximum absolute atomic E-state index is 5.34. The molecule has 1 aromatic carbocycles. The predicted octanol–water partition coefficient (Wildman–Crippen LogP) is 1.49. The molecular weight excluding hydrogens is 232 g/mol. The lowest BCUT2D eigenvalue weighted by Gasteiger charge is -2.25. The van der Waals surface area contributed by atoms with Crippen LogP contribution in [0.15, 0.2) is 12.1 Å². The van der Waals surface area contributed by atoms with Crippen LogP contribution in [0.5, 0.6) is 17.2 Å². The standard InChI is InChI=1S/C13H22N2O3/c1-14-13(15(2)3)9-7-10(16-4)12(18-6)11(8-9)17-5/h7-8,13-14H,1-6H3. The smallest absolute Gasteiger partial charge is 0.203 e. The number of hydrogen-bond acceptors (Lipinski definition) is 5. The molecule has 0 radical (unpaired) electrons. The van der Waals surface area contributed by atoms with Crippen LogP contribution < -0.4 is 19.5 Å². The second-order valence-corrected chi connectivity index (χ2v) is 4.11. The molecule has 0 aliphatic carbocycles. The molecule has 0 aliphatic rings. The average molecular weight is 254 g/mol. The molecule has 5 heteroatoms. The van der Waals surface area contributed by atoms with Gasteiger partial charge in [0.05, 0.1) is 27.5 Å². The van der Waals surface area contributed by atoms with Crippen LogP contribution in [0.1, 0.15) is 11.7 Å². The Morgan fingerprint density at radius 3 is 1.78 bits per heavy atom. The van der Waals surface area contributed by atoms with Crippen LogP contribution in [0.25, 0.3) is 0 Å². The van der Waals surface area contributed by atoms with Gasteiger partial charge in [-0.2, -0.15) is 0 Å². The molecule has 0 fully saturated rings. The Hall–Kier alpha value is -1.46. The number of nitrogens with zero attached hydrogens (tertiary/aromatic N) is 1. The Bertz CT molecular complexity index is 369. The maximum atomic E-state index is 5.34. The van der Waals surface area contributed by atoms with Crippen LogP contribution in [-0.2, 0) is 0 Å². The Morgan fingerprint density at radius 1 is 1.00 bits per heavy atom. The summed E-state index contributed by atoms with van der Waals surface area (Å²) in [5.41, 5.74) is 1.05. The molecule has 18 heavy (non-hydrogen) atoms. The number of hydrogen-bond donors (Lipinski definition) is 1. The molecule has 0 aliphatic heterocycles. The van der Waals surface area contributed by atoms with Crippen LogP contribution >= 0.6 is 0 Å². The molecule has 102 valence electrons. The number of nitrogens with one attached hydrogen (secondary N) is 1. The minimum Gasteiger partial charge on any atom is -0.493 e. The fourth-order valence-electron chi connectivity index (χ4n) is 1.98. The molecule has 1 aromatic rings. The molecule has 0 saturated heterocycles. The zero-order valence-electron chi connectivity index (χ0n) is 11.9. The maximum Gasteiger partial charge on any atom is 0.203 e. The van der Waals surface area contributed by atoms with Gasteiger partial charge in [0, 0.05) is 0 Å². The Morgan fingerprint density at radius 2 is 1.50 bits per heavy atom. The minimum absolute atomic E-state index is 0.0821. The van der Waals surface area contributed by atoms with E-state index in [0.717, 1.165) is 5.56 Å². The zero-order valence-corrected chi connectivity index (χ0v) is 11.9. The molecule has 1 unspecified atom stereocenters. The predicted molar refractivity (Wildman–Crippen MR) is 71.6 cm³/mol. The minimum atomic E-state index is 0.0821. The van der Waals surface area contributed by atoms with Gasteiger partial charge in [-0.15, -0.1) is 0 Å². The van der Waals surface area contributed by atoms with Gasteiger partial charge in [0.15, 0.2) is 11.5 Å². The fraction of sp³-hybridized carbons (Fsp3) is 0.538. The first-order chi connectivity index (χ1) is 8.58. The molecule has 1 atom stereocenters. The van der Waals surface area contributed by atoms with E-state index < -0.39 is 0 Å². The Labute approximate surface area is 109 Å². The van der Waals surface area contributed by atoms with Gasteiger partial charge in [0.25, 0.3) is 0 Å². The van der Waals surface area contributed by atoms with Gasteiger partial charge >= 0.3 is 0 Å². The first kappa shape index (κ1) is 14.6. The quantitative estimate of drug-likeness (QED) is 0.779. The van der Waals surface area contributed by atoms with Crippen molar-refractivity contribution in [3.8, 4) is 17.2 Å². The number of ether oxygens (including phenoxy) is 3. The van der Waals surface area contributed by atoms with Gasteiger partial charge in [-0.25, -0.2) is 0 Å². The second-order valence-electron chi connectivity index (χ2n) is 4.11.